The molecule has 102 valence electrons. The van der Waals surface area contributed by atoms with Crippen LogP contribution in [0.3, 0.4) is 0 Å². The first kappa shape index (κ1) is 14.7. The van der Waals surface area contributed by atoms with Gasteiger partial charge < -0.3 is 20.3 Å². The van der Waals surface area contributed by atoms with Crippen molar-refractivity contribution in [1.82, 2.24) is 0 Å². The Hall–Kier alpha value is -1.33. The van der Waals surface area contributed by atoms with E-state index in [2.05, 4.69) is 5.32 Å². The highest BCUT2D eigenvalue weighted by atomic mass is 19.1. The van der Waals surface area contributed by atoms with Crippen molar-refractivity contribution in [2.45, 2.75) is 20.0 Å². The number of aliphatic hydroxyl groups excluding tert-OH is 2. The first-order valence-electron chi connectivity index (χ1n) is 5.98. The number of para-hydroxylation sites is 1. The van der Waals surface area contributed by atoms with E-state index in [0.717, 1.165) is 0 Å². The summed E-state index contributed by atoms with van der Waals surface area (Å²) in [5, 5.41) is 20.7. The summed E-state index contributed by atoms with van der Waals surface area (Å²) in [5.41, 5.74) is 0.214. The van der Waals surface area contributed by atoms with Gasteiger partial charge in [0.2, 0.25) is 0 Å². The Morgan fingerprint density at radius 1 is 1.39 bits per heavy atom. The summed E-state index contributed by atoms with van der Waals surface area (Å²) >= 11 is 0. The van der Waals surface area contributed by atoms with Crippen LogP contribution in [0.15, 0.2) is 18.2 Å². The van der Waals surface area contributed by atoms with Crippen LogP contribution >= 0.6 is 0 Å². The van der Waals surface area contributed by atoms with Gasteiger partial charge in [0.25, 0.3) is 0 Å². The van der Waals surface area contributed by atoms with Gasteiger partial charge in [0.05, 0.1) is 19.3 Å². The van der Waals surface area contributed by atoms with Gasteiger partial charge in [-0.1, -0.05) is 19.9 Å². The van der Waals surface area contributed by atoms with Crippen LogP contribution in [0.2, 0.25) is 0 Å². The zero-order valence-corrected chi connectivity index (χ0v) is 10.7. The Labute approximate surface area is 106 Å². The lowest BCUT2D eigenvalue weighted by Gasteiger charge is -2.16. The van der Waals surface area contributed by atoms with Gasteiger partial charge in [-0.05, 0) is 18.1 Å². The minimum Gasteiger partial charge on any atom is -0.491 e. The fraction of sp³-hybridized carbons (Fsp3) is 0.538. The van der Waals surface area contributed by atoms with E-state index < -0.39 is 11.9 Å². The minimum atomic E-state index is -0.928. The van der Waals surface area contributed by atoms with E-state index in [4.69, 9.17) is 9.84 Å². The maximum Gasteiger partial charge on any atom is 0.150 e. The standard InChI is InChI=1S/C13H20FNO3/c1-9(2)8-18-12-5-3-4-11(14)13(12)15-6-10(17)7-16/h3-5,9-10,15-17H,6-8H2,1-2H3. The second kappa shape index (κ2) is 7.18. The topological polar surface area (TPSA) is 61.7 Å². The van der Waals surface area contributed by atoms with Crippen molar-refractivity contribution in [2.75, 3.05) is 25.1 Å². The molecule has 0 heterocycles. The van der Waals surface area contributed by atoms with Gasteiger partial charge >= 0.3 is 0 Å². The van der Waals surface area contributed by atoms with Gasteiger partial charge in [0.1, 0.15) is 17.3 Å². The Morgan fingerprint density at radius 2 is 2.11 bits per heavy atom. The van der Waals surface area contributed by atoms with Crippen LogP contribution in [-0.2, 0) is 0 Å². The summed E-state index contributed by atoms with van der Waals surface area (Å²) in [6, 6.07) is 4.55. The number of benzene rings is 1. The number of anilines is 1. The van der Waals surface area contributed by atoms with Crippen molar-refractivity contribution in [3.05, 3.63) is 24.0 Å². The van der Waals surface area contributed by atoms with Crippen molar-refractivity contribution >= 4 is 5.69 Å². The Bertz CT molecular complexity index is 371. The number of nitrogens with one attached hydrogen (secondary N) is 1. The predicted octanol–water partition coefficient (Wildman–Crippen LogP) is 1.63. The highest BCUT2D eigenvalue weighted by Crippen LogP contribution is 2.27. The fourth-order valence-electron chi connectivity index (χ4n) is 1.34. The van der Waals surface area contributed by atoms with E-state index in [9.17, 15) is 9.50 Å². The molecule has 0 saturated heterocycles. The molecule has 0 radical (unpaired) electrons. The van der Waals surface area contributed by atoms with Crippen LogP contribution in [0.4, 0.5) is 10.1 Å². The van der Waals surface area contributed by atoms with Crippen molar-refractivity contribution < 1.29 is 19.3 Å². The van der Waals surface area contributed by atoms with E-state index in [1.54, 1.807) is 12.1 Å². The molecule has 1 unspecified atom stereocenters. The highest BCUT2D eigenvalue weighted by Gasteiger charge is 2.11. The maximum absolute atomic E-state index is 13.6. The molecule has 0 aliphatic heterocycles. The molecule has 0 bridgehead atoms. The van der Waals surface area contributed by atoms with Gasteiger partial charge in [0.15, 0.2) is 0 Å². The first-order valence-corrected chi connectivity index (χ1v) is 5.98. The predicted molar refractivity (Wildman–Crippen MR) is 68.3 cm³/mol. The molecular weight excluding hydrogens is 237 g/mol. The van der Waals surface area contributed by atoms with E-state index in [1.165, 1.54) is 6.07 Å². The lowest BCUT2D eigenvalue weighted by Crippen LogP contribution is -2.23. The Morgan fingerprint density at radius 3 is 2.72 bits per heavy atom. The van der Waals surface area contributed by atoms with E-state index in [0.29, 0.717) is 18.3 Å². The molecule has 1 aromatic carbocycles. The van der Waals surface area contributed by atoms with Crippen molar-refractivity contribution in [3.8, 4) is 5.75 Å². The van der Waals surface area contributed by atoms with Gasteiger partial charge in [-0.15, -0.1) is 0 Å². The number of halogens is 1. The average Bonchev–Trinajstić information content (AvgIpc) is 2.34. The van der Waals surface area contributed by atoms with E-state index >= 15 is 0 Å². The largest absolute Gasteiger partial charge is 0.491 e. The number of hydrogen-bond donors (Lipinski definition) is 3. The second-order valence-electron chi connectivity index (χ2n) is 4.54. The average molecular weight is 257 g/mol. The summed E-state index contributed by atoms with van der Waals surface area (Å²) < 4.78 is 19.1. The van der Waals surface area contributed by atoms with Crippen molar-refractivity contribution in [2.24, 2.45) is 5.92 Å². The lowest BCUT2D eigenvalue weighted by molar-refractivity contribution is 0.105. The summed E-state index contributed by atoms with van der Waals surface area (Å²) in [7, 11) is 0. The lowest BCUT2D eigenvalue weighted by atomic mass is 10.2. The van der Waals surface area contributed by atoms with Crippen LogP contribution in [0.5, 0.6) is 5.75 Å². The van der Waals surface area contributed by atoms with Crippen LogP contribution < -0.4 is 10.1 Å². The first-order chi connectivity index (χ1) is 8.54. The fourth-order valence-corrected chi connectivity index (χ4v) is 1.34. The summed E-state index contributed by atoms with van der Waals surface area (Å²) in [5.74, 6) is 0.305. The zero-order valence-electron chi connectivity index (χ0n) is 10.7. The van der Waals surface area contributed by atoms with Crippen LogP contribution in [-0.4, -0.2) is 36.1 Å². The molecule has 1 rings (SSSR count). The second-order valence-corrected chi connectivity index (χ2v) is 4.54. The van der Waals surface area contributed by atoms with Gasteiger partial charge in [-0.3, -0.25) is 0 Å². The minimum absolute atomic E-state index is 0.0650. The molecule has 4 nitrogen and oxygen atoms in total. The zero-order chi connectivity index (χ0) is 13.5. The SMILES string of the molecule is CC(C)COc1cccc(F)c1NCC(O)CO. The highest BCUT2D eigenvalue weighted by molar-refractivity contribution is 5.57. The maximum atomic E-state index is 13.6. The molecule has 0 aliphatic rings. The molecule has 5 heteroatoms. The molecular formula is C13H20FNO3. The summed E-state index contributed by atoms with van der Waals surface area (Å²) in [6.07, 6.45) is -0.928. The number of rotatable bonds is 7. The molecule has 0 aliphatic carbocycles. The van der Waals surface area contributed by atoms with Gasteiger partial charge in [-0.2, -0.15) is 0 Å². The van der Waals surface area contributed by atoms with Gasteiger partial charge in [-0.25, -0.2) is 4.39 Å². The van der Waals surface area contributed by atoms with E-state index in [1.807, 2.05) is 13.8 Å². The smallest absolute Gasteiger partial charge is 0.150 e. The van der Waals surface area contributed by atoms with Crippen molar-refractivity contribution in [1.29, 1.82) is 0 Å². The quantitative estimate of drug-likeness (QED) is 0.694. The summed E-state index contributed by atoms with van der Waals surface area (Å²) in [4.78, 5) is 0. The molecule has 1 aromatic rings. The van der Waals surface area contributed by atoms with E-state index in [-0.39, 0.29) is 18.8 Å². The molecule has 0 fully saturated rings. The number of hydrogen-bond acceptors (Lipinski definition) is 4. The summed E-state index contributed by atoms with van der Waals surface area (Å²) in [6.45, 7) is 4.18. The normalized spacial score (nSPS) is 12.6. The molecule has 1 atom stereocenters. The monoisotopic (exact) mass is 257 g/mol. The third-order valence-corrected chi connectivity index (χ3v) is 2.27. The van der Waals surface area contributed by atoms with Crippen LogP contribution in [0.1, 0.15) is 13.8 Å². The molecule has 3 N–H and O–H groups in total. The molecule has 18 heavy (non-hydrogen) atoms. The van der Waals surface area contributed by atoms with Crippen LogP contribution in [0, 0.1) is 11.7 Å². The Balaban J connectivity index is 2.73. The number of aliphatic hydroxyl groups is 2. The van der Waals surface area contributed by atoms with Gasteiger partial charge in [0, 0.05) is 6.54 Å². The molecule has 0 aromatic heterocycles. The third kappa shape index (κ3) is 4.50. The van der Waals surface area contributed by atoms with Crippen molar-refractivity contribution in [3.63, 3.8) is 0 Å². The van der Waals surface area contributed by atoms with Crippen LogP contribution in [0.25, 0.3) is 0 Å². The molecule has 0 saturated carbocycles. The Kier molecular flexibility index (Phi) is 5.88. The molecule has 0 amide bonds. The number of ether oxygens (including phenoxy) is 1. The molecule has 0 spiro atoms. The third-order valence-electron chi connectivity index (χ3n) is 2.27.